The van der Waals surface area contributed by atoms with Gasteiger partial charge in [-0.15, -0.1) is 0 Å². The molecule has 1 aromatic carbocycles. The van der Waals surface area contributed by atoms with Gasteiger partial charge < -0.3 is 5.32 Å². The molecule has 1 aliphatic rings. The van der Waals surface area contributed by atoms with E-state index in [4.69, 9.17) is 11.6 Å². The molecule has 1 aliphatic heterocycles. The van der Waals surface area contributed by atoms with Gasteiger partial charge in [-0.25, -0.2) is 4.39 Å². The van der Waals surface area contributed by atoms with Gasteiger partial charge in [0.2, 0.25) is 5.91 Å². The normalized spacial score (nSPS) is 17.2. The van der Waals surface area contributed by atoms with Crippen LogP contribution in [0, 0.1) is 11.7 Å². The molecule has 5 heteroatoms. The lowest BCUT2D eigenvalue weighted by Crippen LogP contribution is -2.42. The number of amides is 1. The number of nitrogens with zero attached hydrogens (tertiary/aromatic N) is 1. The average molecular weight is 313 g/mol. The lowest BCUT2D eigenvalue weighted by Gasteiger charge is -2.31. The summed E-state index contributed by atoms with van der Waals surface area (Å²) in [5.74, 6) is -0.0387. The fraction of sp³-hybridized carbons (Fsp3) is 0.562. The van der Waals surface area contributed by atoms with Gasteiger partial charge in [-0.1, -0.05) is 17.7 Å². The summed E-state index contributed by atoms with van der Waals surface area (Å²) in [7, 11) is 0. The van der Waals surface area contributed by atoms with E-state index in [-0.39, 0.29) is 23.7 Å². The molecule has 1 amide bonds. The number of carbonyl (C=O) groups excluding carboxylic acids is 1. The Morgan fingerprint density at radius 3 is 2.67 bits per heavy atom. The topological polar surface area (TPSA) is 32.3 Å². The molecule has 0 aromatic heterocycles. The van der Waals surface area contributed by atoms with E-state index >= 15 is 0 Å². The first-order chi connectivity index (χ1) is 9.95. The molecular weight excluding hydrogens is 291 g/mol. The van der Waals surface area contributed by atoms with E-state index in [1.54, 1.807) is 12.1 Å². The van der Waals surface area contributed by atoms with Crippen molar-refractivity contribution in [2.45, 2.75) is 39.3 Å². The Bertz CT molecular complexity index is 499. The molecule has 3 nitrogen and oxygen atoms in total. The molecule has 0 unspecified atom stereocenters. The van der Waals surface area contributed by atoms with Crippen molar-refractivity contribution in [3.8, 4) is 0 Å². The Hall–Kier alpha value is -1.13. The largest absolute Gasteiger partial charge is 0.354 e. The molecule has 1 N–H and O–H groups in total. The molecule has 21 heavy (non-hydrogen) atoms. The summed E-state index contributed by atoms with van der Waals surface area (Å²) in [5.41, 5.74) is 0.657. The predicted octanol–water partition coefficient (Wildman–Crippen LogP) is 3.22. The van der Waals surface area contributed by atoms with E-state index < -0.39 is 0 Å². The van der Waals surface area contributed by atoms with Gasteiger partial charge in [0, 0.05) is 29.1 Å². The minimum Gasteiger partial charge on any atom is -0.354 e. The number of halogens is 2. The molecule has 0 saturated carbocycles. The van der Waals surface area contributed by atoms with E-state index in [1.807, 2.05) is 13.8 Å². The third-order valence-electron chi connectivity index (χ3n) is 3.80. The van der Waals surface area contributed by atoms with Crippen molar-refractivity contribution in [2.75, 3.05) is 13.1 Å². The number of hydrogen-bond acceptors (Lipinski definition) is 2. The molecule has 0 spiro atoms. The molecule has 0 atom stereocenters. The zero-order chi connectivity index (χ0) is 15.4. The Kier molecular flexibility index (Phi) is 5.59. The fourth-order valence-electron chi connectivity index (χ4n) is 2.65. The maximum Gasteiger partial charge on any atom is 0.223 e. The van der Waals surface area contributed by atoms with Gasteiger partial charge in [0.15, 0.2) is 0 Å². The van der Waals surface area contributed by atoms with Crippen molar-refractivity contribution >= 4 is 17.5 Å². The van der Waals surface area contributed by atoms with Crippen molar-refractivity contribution in [1.29, 1.82) is 0 Å². The second-order valence-electron chi connectivity index (χ2n) is 5.95. The summed E-state index contributed by atoms with van der Waals surface area (Å²) in [6.07, 6.45) is 1.65. The first kappa shape index (κ1) is 16.2. The van der Waals surface area contributed by atoms with Gasteiger partial charge in [0.05, 0.1) is 0 Å². The molecule has 1 heterocycles. The summed E-state index contributed by atoms with van der Waals surface area (Å²) in [6, 6.07) is 4.97. The molecular formula is C16H22ClFN2O. The molecule has 1 fully saturated rings. The van der Waals surface area contributed by atoms with Crippen molar-refractivity contribution in [2.24, 2.45) is 5.92 Å². The summed E-state index contributed by atoms with van der Waals surface area (Å²) in [5, 5.41) is 3.38. The fourth-order valence-corrected chi connectivity index (χ4v) is 2.81. The Morgan fingerprint density at radius 2 is 2.10 bits per heavy atom. The average Bonchev–Trinajstić information content (AvgIpc) is 2.42. The van der Waals surface area contributed by atoms with Gasteiger partial charge in [0.1, 0.15) is 5.82 Å². The highest BCUT2D eigenvalue weighted by atomic mass is 35.5. The maximum atomic E-state index is 13.8. The van der Waals surface area contributed by atoms with Crippen molar-refractivity contribution in [3.05, 3.63) is 34.6 Å². The molecule has 1 saturated heterocycles. The molecule has 1 aromatic rings. The molecule has 0 bridgehead atoms. The Morgan fingerprint density at radius 1 is 1.43 bits per heavy atom. The van der Waals surface area contributed by atoms with E-state index in [0.717, 1.165) is 25.9 Å². The third-order valence-corrected chi connectivity index (χ3v) is 4.03. The molecule has 0 aliphatic carbocycles. The zero-order valence-corrected chi connectivity index (χ0v) is 13.3. The van der Waals surface area contributed by atoms with Crippen LogP contribution in [0.5, 0.6) is 0 Å². The lowest BCUT2D eigenvalue weighted by molar-refractivity contribution is -0.127. The number of piperidine rings is 1. The maximum absolute atomic E-state index is 13.8. The SMILES string of the molecule is CC(C)NC(=O)C1CCN(Cc2ccc(Cl)cc2F)CC1. The first-order valence-corrected chi connectivity index (χ1v) is 7.80. The smallest absolute Gasteiger partial charge is 0.223 e. The van der Waals surface area contributed by atoms with Gasteiger partial charge in [-0.2, -0.15) is 0 Å². The van der Waals surface area contributed by atoms with Crippen LogP contribution in [-0.2, 0) is 11.3 Å². The van der Waals surface area contributed by atoms with Crippen LogP contribution in [0.3, 0.4) is 0 Å². The van der Waals surface area contributed by atoms with E-state index in [2.05, 4.69) is 10.2 Å². The second-order valence-corrected chi connectivity index (χ2v) is 6.39. The highest BCUT2D eigenvalue weighted by Gasteiger charge is 2.25. The van der Waals surface area contributed by atoms with Crippen molar-refractivity contribution in [1.82, 2.24) is 10.2 Å². The van der Waals surface area contributed by atoms with Gasteiger partial charge in [-0.3, -0.25) is 9.69 Å². The van der Waals surface area contributed by atoms with Gasteiger partial charge in [0.25, 0.3) is 0 Å². The highest BCUT2D eigenvalue weighted by Crippen LogP contribution is 2.21. The molecule has 2 rings (SSSR count). The number of benzene rings is 1. The van der Waals surface area contributed by atoms with E-state index in [0.29, 0.717) is 17.1 Å². The molecule has 116 valence electrons. The van der Waals surface area contributed by atoms with Crippen LogP contribution in [0.2, 0.25) is 5.02 Å². The third kappa shape index (κ3) is 4.68. The summed E-state index contributed by atoms with van der Waals surface area (Å²) in [4.78, 5) is 14.1. The monoisotopic (exact) mass is 312 g/mol. The lowest BCUT2D eigenvalue weighted by atomic mass is 9.95. The summed E-state index contributed by atoms with van der Waals surface area (Å²) >= 11 is 5.76. The van der Waals surface area contributed by atoms with Gasteiger partial charge >= 0.3 is 0 Å². The van der Waals surface area contributed by atoms with Gasteiger partial charge in [-0.05, 0) is 51.9 Å². The standard InChI is InChI=1S/C16H22ClFN2O/c1-11(2)19-16(21)12-5-7-20(8-6-12)10-13-3-4-14(17)9-15(13)18/h3-4,9,11-12H,5-8,10H2,1-2H3,(H,19,21). The van der Waals surface area contributed by atoms with E-state index in [1.165, 1.54) is 6.07 Å². The minimum absolute atomic E-state index is 0.0821. The predicted molar refractivity (Wildman–Crippen MR) is 82.7 cm³/mol. The van der Waals surface area contributed by atoms with Crippen LogP contribution in [0.25, 0.3) is 0 Å². The zero-order valence-electron chi connectivity index (χ0n) is 12.5. The quantitative estimate of drug-likeness (QED) is 0.926. The number of carbonyl (C=O) groups is 1. The van der Waals surface area contributed by atoms with Crippen LogP contribution in [0.4, 0.5) is 4.39 Å². The summed E-state index contributed by atoms with van der Waals surface area (Å²) in [6.45, 7) is 6.14. The number of nitrogens with one attached hydrogen (secondary N) is 1. The minimum atomic E-state index is -0.262. The Balaban J connectivity index is 1.85. The van der Waals surface area contributed by atoms with Crippen LogP contribution >= 0.6 is 11.6 Å². The van der Waals surface area contributed by atoms with E-state index in [9.17, 15) is 9.18 Å². The van der Waals surface area contributed by atoms with Crippen LogP contribution in [-0.4, -0.2) is 29.9 Å². The van der Waals surface area contributed by atoms with Crippen molar-refractivity contribution in [3.63, 3.8) is 0 Å². The van der Waals surface area contributed by atoms with Crippen molar-refractivity contribution < 1.29 is 9.18 Å². The Labute approximate surface area is 130 Å². The number of rotatable bonds is 4. The molecule has 0 radical (unpaired) electrons. The van der Waals surface area contributed by atoms with Crippen LogP contribution in [0.1, 0.15) is 32.3 Å². The first-order valence-electron chi connectivity index (χ1n) is 7.42. The number of likely N-dealkylation sites (tertiary alicyclic amines) is 1. The second kappa shape index (κ2) is 7.23. The summed E-state index contributed by atoms with van der Waals surface area (Å²) < 4.78 is 13.8. The van der Waals surface area contributed by atoms with Crippen LogP contribution < -0.4 is 5.32 Å². The van der Waals surface area contributed by atoms with Crippen LogP contribution in [0.15, 0.2) is 18.2 Å². The highest BCUT2D eigenvalue weighted by molar-refractivity contribution is 6.30. The number of hydrogen-bond donors (Lipinski definition) is 1.